The molecule has 0 spiro atoms. The number of benzene rings is 2. The number of carbonyl (C=O) groups excluding carboxylic acids is 5. The number of ether oxygens (including phenoxy) is 6. The first kappa shape index (κ1) is 45.1. The summed E-state index contributed by atoms with van der Waals surface area (Å²) in [6, 6.07) is 15.1. The molecule has 2 atom stereocenters. The Morgan fingerprint density at radius 3 is 1.28 bits per heavy atom. The molecule has 0 heterocycles. The van der Waals surface area contributed by atoms with Crippen LogP contribution in [0.25, 0.3) is 0 Å². The second kappa shape index (κ2) is 22.2. The number of rotatable bonds is 21. The monoisotopic (exact) mass is 754 g/mol. The van der Waals surface area contributed by atoms with E-state index in [2.05, 4.69) is 58.8 Å². The number of unbranched alkanes of at least 4 members (excludes halogenated alkanes) is 3. The SMILES string of the molecule is C=C(C)C(=O)OCC(COc1ccc(C(C)(C)C)cc1)OC(=O)NCCCCCCNC(=O)OC(COC(=O)C(C)=O)COc1ccc(C(C)(C)C)cc1. The van der Waals surface area contributed by atoms with Gasteiger partial charge in [0.25, 0.3) is 0 Å². The minimum Gasteiger partial charge on any atom is -0.490 e. The number of carbonyl (C=O) groups is 5. The Hall–Kier alpha value is -5.07. The Bertz CT molecular complexity index is 1410. The van der Waals surface area contributed by atoms with Crippen molar-refractivity contribution >= 4 is 29.9 Å². The number of amides is 2. The fraction of sp³-hybridized carbons (Fsp3) is 0.537. The summed E-state index contributed by atoms with van der Waals surface area (Å²) in [5, 5.41) is 5.37. The maximum atomic E-state index is 12.5. The van der Waals surface area contributed by atoms with Crippen LogP contribution in [-0.2, 0) is 44.2 Å². The predicted octanol–water partition coefficient (Wildman–Crippen LogP) is 6.74. The number of esters is 2. The second-order valence-corrected chi connectivity index (χ2v) is 15.0. The molecule has 2 rings (SSSR count). The molecule has 0 radical (unpaired) electrons. The summed E-state index contributed by atoms with van der Waals surface area (Å²) >= 11 is 0. The molecule has 2 unspecified atom stereocenters. The van der Waals surface area contributed by atoms with Crippen LogP contribution in [0.15, 0.2) is 60.7 Å². The zero-order valence-corrected chi connectivity index (χ0v) is 33.0. The summed E-state index contributed by atoms with van der Waals surface area (Å²) in [7, 11) is 0. The van der Waals surface area contributed by atoms with Crippen molar-refractivity contribution in [3.8, 4) is 11.5 Å². The molecule has 2 aromatic rings. The molecule has 0 fully saturated rings. The van der Waals surface area contributed by atoms with Crippen LogP contribution < -0.4 is 20.1 Å². The Morgan fingerprint density at radius 1 is 0.574 bits per heavy atom. The van der Waals surface area contributed by atoms with E-state index in [1.165, 1.54) is 6.92 Å². The molecule has 298 valence electrons. The van der Waals surface area contributed by atoms with Gasteiger partial charge in [0.05, 0.1) is 0 Å². The van der Waals surface area contributed by atoms with Crippen molar-refractivity contribution in [3.63, 3.8) is 0 Å². The molecule has 0 saturated carbocycles. The van der Waals surface area contributed by atoms with E-state index in [-0.39, 0.29) is 42.8 Å². The maximum absolute atomic E-state index is 12.5. The highest BCUT2D eigenvalue weighted by molar-refractivity contribution is 6.32. The van der Waals surface area contributed by atoms with Gasteiger partial charge < -0.3 is 39.1 Å². The lowest BCUT2D eigenvalue weighted by molar-refractivity contribution is -0.155. The lowest BCUT2D eigenvalue weighted by Crippen LogP contribution is -2.36. The zero-order valence-electron chi connectivity index (χ0n) is 33.0. The van der Waals surface area contributed by atoms with E-state index in [1.807, 2.05) is 48.5 Å². The van der Waals surface area contributed by atoms with Crippen LogP contribution in [0.5, 0.6) is 11.5 Å². The number of Topliss-reactive ketones (excluding diaryl/α,β-unsaturated/α-hetero) is 1. The van der Waals surface area contributed by atoms with Gasteiger partial charge in [-0.15, -0.1) is 0 Å². The molecule has 0 aliphatic rings. The van der Waals surface area contributed by atoms with Crippen molar-refractivity contribution in [2.45, 2.75) is 104 Å². The average Bonchev–Trinajstić information content (AvgIpc) is 3.10. The Labute approximate surface area is 319 Å². The molecule has 0 aliphatic carbocycles. The van der Waals surface area contributed by atoms with Gasteiger partial charge in [0, 0.05) is 25.6 Å². The standard InChI is InChI=1S/C41H58N2O11/c1-28(2)36(45)51-26-34(24-49-32-18-14-30(15-19-32)40(4,5)6)53-38(47)42-22-12-10-11-13-23-43-39(48)54-35(27-52-37(46)29(3)44)25-50-33-20-16-31(17-21-33)41(7,8)9/h14-21,34-35H,1,10-13,22-27H2,2-9H3,(H,42,47)(H,43,48). The molecule has 2 amide bonds. The van der Waals surface area contributed by atoms with Crippen LogP contribution in [0.3, 0.4) is 0 Å². The van der Waals surface area contributed by atoms with Crippen LogP contribution >= 0.6 is 0 Å². The van der Waals surface area contributed by atoms with E-state index in [0.29, 0.717) is 37.4 Å². The molecule has 0 bridgehead atoms. The Morgan fingerprint density at radius 2 is 0.944 bits per heavy atom. The molecule has 2 aromatic carbocycles. The molecule has 13 heteroatoms. The summed E-state index contributed by atoms with van der Waals surface area (Å²) < 4.78 is 32.7. The molecular weight excluding hydrogens is 696 g/mol. The lowest BCUT2D eigenvalue weighted by atomic mass is 9.87. The third-order valence-electron chi connectivity index (χ3n) is 7.94. The highest BCUT2D eigenvalue weighted by atomic mass is 16.6. The van der Waals surface area contributed by atoms with Crippen molar-refractivity contribution < 1.29 is 52.4 Å². The van der Waals surface area contributed by atoms with Gasteiger partial charge in [-0.2, -0.15) is 0 Å². The molecular formula is C41H58N2O11. The van der Waals surface area contributed by atoms with Crippen LogP contribution in [0, 0.1) is 0 Å². The van der Waals surface area contributed by atoms with Gasteiger partial charge in [0.1, 0.15) is 37.9 Å². The van der Waals surface area contributed by atoms with Crippen molar-refractivity contribution in [1.29, 1.82) is 0 Å². The number of hydrogen-bond donors (Lipinski definition) is 2. The second-order valence-electron chi connectivity index (χ2n) is 15.0. The van der Waals surface area contributed by atoms with Gasteiger partial charge in [-0.1, -0.05) is 85.2 Å². The average molecular weight is 755 g/mol. The maximum Gasteiger partial charge on any atom is 0.407 e. The quantitative estimate of drug-likeness (QED) is 0.0456. The number of hydrogen-bond acceptors (Lipinski definition) is 11. The molecule has 54 heavy (non-hydrogen) atoms. The summed E-state index contributed by atoms with van der Waals surface area (Å²) in [6.07, 6.45) is -0.379. The van der Waals surface area contributed by atoms with Crippen LogP contribution in [0.1, 0.15) is 92.2 Å². The first-order valence-electron chi connectivity index (χ1n) is 18.2. The first-order chi connectivity index (χ1) is 25.3. The normalized spacial score (nSPS) is 12.4. The minimum atomic E-state index is -1.03. The van der Waals surface area contributed by atoms with E-state index in [9.17, 15) is 24.0 Å². The fourth-order valence-corrected chi connectivity index (χ4v) is 4.65. The third-order valence-corrected chi connectivity index (χ3v) is 7.94. The number of ketones is 1. The van der Waals surface area contributed by atoms with Crippen molar-refractivity contribution in [2.75, 3.05) is 39.5 Å². The molecule has 0 aliphatic heterocycles. The molecule has 0 saturated heterocycles. The lowest BCUT2D eigenvalue weighted by Gasteiger charge is -2.21. The van der Waals surface area contributed by atoms with Crippen LogP contribution in [0.4, 0.5) is 9.59 Å². The topological polar surface area (TPSA) is 165 Å². The summed E-state index contributed by atoms with van der Waals surface area (Å²) in [6.45, 7) is 18.8. The van der Waals surface area contributed by atoms with Gasteiger partial charge in [0.15, 0.2) is 12.2 Å². The van der Waals surface area contributed by atoms with Gasteiger partial charge >= 0.3 is 24.1 Å². The van der Waals surface area contributed by atoms with E-state index >= 15 is 0 Å². The fourth-order valence-electron chi connectivity index (χ4n) is 4.65. The molecule has 0 aromatic heterocycles. The van der Waals surface area contributed by atoms with E-state index < -0.39 is 42.1 Å². The Balaban J connectivity index is 1.73. The van der Waals surface area contributed by atoms with Gasteiger partial charge in [-0.3, -0.25) is 4.79 Å². The van der Waals surface area contributed by atoms with E-state index in [4.69, 9.17) is 28.4 Å². The van der Waals surface area contributed by atoms with E-state index in [1.54, 1.807) is 0 Å². The van der Waals surface area contributed by atoms with Crippen molar-refractivity contribution in [1.82, 2.24) is 10.6 Å². The number of alkyl carbamates (subject to hydrolysis) is 2. The minimum absolute atomic E-state index is 0.0101. The van der Waals surface area contributed by atoms with E-state index in [0.717, 1.165) is 30.9 Å². The van der Waals surface area contributed by atoms with Crippen LogP contribution in [0.2, 0.25) is 0 Å². The predicted molar refractivity (Wildman–Crippen MR) is 204 cm³/mol. The largest absolute Gasteiger partial charge is 0.490 e. The first-order valence-corrected chi connectivity index (χ1v) is 18.2. The highest BCUT2D eigenvalue weighted by Gasteiger charge is 2.21. The van der Waals surface area contributed by atoms with Crippen molar-refractivity contribution in [2.24, 2.45) is 0 Å². The molecule has 2 N–H and O–H groups in total. The smallest absolute Gasteiger partial charge is 0.407 e. The molecule has 13 nitrogen and oxygen atoms in total. The van der Waals surface area contributed by atoms with Crippen molar-refractivity contribution in [3.05, 3.63) is 71.8 Å². The number of nitrogens with one attached hydrogen (secondary N) is 2. The van der Waals surface area contributed by atoms with Gasteiger partial charge in [-0.25, -0.2) is 19.2 Å². The van der Waals surface area contributed by atoms with Crippen LogP contribution in [-0.4, -0.2) is 81.6 Å². The Kier molecular flexibility index (Phi) is 18.6. The zero-order chi connectivity index (χ0) is 40.3. The summed E-state index contributed by atoms with van der Waals surface area (Å²) in [4.78, 5) is 60.0. The summed E-state index contributed by atoms with van der Waals surface area (Å²) in [5.41, 5.74) is 2.46. The highest BCUT2D eigenvalue weighted by Crippen LogP contribution is 2.25. The van der Waals surface area contributed by atoms with Gasteiger partial charge in [0.2, 0.25) is 5.78 Å². The summed E-state index contributed by atoms with van der Waals surface area (Å²) in [5.74, 6) is -1.25. The third kappa shape index (κ3) is 18.1. The van der Waals surface area contributed by atoms with Gasteiger partial charge in [-0.05, 0) is 66.0 Å².